The van der Waals surface area contributed by atoms with Gasteiger partial charge < -0.3 is 10.4 Å². The fourth-order valence-corrected chi connectivity index (χ4v) is 9.04. The maximum atomic E-state index is 12.6. The molecule has 1 amide bonds. The molecule has 0 aromatic heterocycles. The van der Waals surface area contributed by atoms with E-state index in [1.54, 1.807) is 0 Å². The van der Waals surface area contributed by atoms with E-state index in [4.69, 9.17) is 0 Å². The van der Waals surface area contributed by atoms with Crippen molar-refractivity contribution in [3.63, 3.8) is 0 Å². The van der Waals surface area contributed by atoms with E-state index in [1.807, 2.05) is 0 Å². The van der Waals surface area contributed by atoms with Gasteiger partial charge >= 0.3 is 0 Å². The van der Waals surface area contributed by atoms with Crippen molar-refractivity contribution in [1.29, 1.82) is 0 Å². The summed E-state index contributed by atoms with van der Waals surface area (Å²) in [6.07, 6.45) is 53.6. The predicted octanol–water partition coefficient (Wildman–Crippen LogP) is 15.5. The van der Waals surface area contributed by atoms with Crippen molar-refractivity contribution in [3.8, 4) is 0 Å². The highest BCUT2D eigenvalue weighted by Gasteiger charge is 2.26. The van der Waals surface area contributed by atoms with Crippen LogP contribution in [0.5, 0.6) is 0 Å². The van der Waals surface area contributed by atoms with E-state index >= 15 is 0 Å². The van der Waals surface area contributed by atoms with Crippen LogP contribution >= 0.6 is 0 Å². The van der Waals surface area contributed by atoms with Gasteiger partial charge in [-0.1, -0.05) is 271 Å². The Kier molecular flexibility index (Phi) is 43.4. The topological polar surface area (TPSA) is 104 Å². The minimum Gasteiger partial charge on any atom is -0.391 e. The van der Waals surface area contributed by atoms with Crippen LogP contribution in [-0.2, 0) is 14.9 Å². The van der Waals surface area contributed by atoms with Crippen molar-refractivity contribution in [2.75, 3.05) is 5.75 Å². The predicted molar refractivity (Wildman–Crippen MR) is 244 cm³/mol. The van der Waals surface area contributed by atoms with Crippen LogP contribution in [-0.4, -0.2) is 41.9 Å². The maximum Gasteiger partial charge on any atom is 0.266 e. The second-order valence-electron chi connectivity index (χ2n) is 17.8. The fraction of sp³-hybridized carbons (Fsp3) is 0.980. The molecule has 0 aliphatic heterocycles. The first-order valence-corrected chi connectivity index (χ1v) is 26.8. The molecule has 0 heterocycles. The lowest BCUT2D eigenvalue weighted by Gasteiger charge is -2.23. The van der Waals surface area contributed by atoms with Crippen LogP contribution in [0.25, 0.3) is 0 Å². The number of aliphatic hydroxyl groups excluding tert-OH is 1. The molecular formula is C49H99NO5S. The summed E-state index contributed by atoms with van der Waals surface area (Å²) in [5.74, 6) is -0.877. The van der Waals surface area contributed by atoms with Crippen LogP contribution in [0.2, 0.25) is 0 Å². The van der Waals surface area contributed by atoms with Crippen LogP contribution in [0.3, 0.4) is 0 Å². The molecule has 336 valence electrons. The van der Waals surface area contributed by atoms with Crippen LogP contribution in [0, 0.1) is 0 Å². The van der Waals surface area contributed by atoms with Crippen molar-refractivity contribution < 1.29 is 22.9 Å². The van der Waals surface area contributed by atoms with E-state index in [1.165, 1.54) is 225 Å². The number of carbonyl (C=O) groups is 1. The van der Waals surface area contributed by atoms with Crippen molar-refractivity contribution in [3.05, 3.63) is 0 Å². The highest BCUT2D eigenvalue weighted by molar-refractivity contribution is 7.85. The van der Waals surface area contributed by atoms with Crippen molar-refractivity contribution in [1.82, 2.24) is 5.32 Å². The molecule has 0 bridgehead atoms. The molecule has 2 atom stereocenters. The van der Waals surface area contributed by atoms with Crippen molar-refractivity contribution in [2.45, 2.75) is 302 Å². The summed E-state index contributed by atoms with van der Waals surface area (Å²) < 4.78 is 32.7. The van der Waals surface area contributed by atoms with Gasteiger partial charge in [0.15, 0.2) is 0 Å². The number of hydrogen-bond acceptors (Lipinski definition) is 4. The van der Waals surface area contributed by atoms with Gasteiger partial charge in [0.05, 0.1) is 17.9 Å². The average molecular weight is 814 g/mol. The lowest BCUT2D eigenvalue weighted by Crippen LogP contribution is -2.47. The molecule has 7 heteroatoms. The standard InChI is InChI=1S/C49H99NO5S/c1-3-5-7-9-11-13-15-17-19-21-23-24-25-27-29-31-33-35-37-39-41-43-45-49(52)50-47(46-56(53,54)55)48(51)44-42-40-38-36-34-32-30-28-26-22-20-18-16-14-12-10-8-6-4-2/h47-48,51H,3-46H2,1-2H3,(H,50,52)(H,53,54,55). The first-order chi connectivity index (χ1) is 27.3. The Morgan fingerprint density at radius 1 is 0.411 bits per heavy atom. The summed E-state index contributed by atoms with van der Waals surface area (Å²) in [4.78, 5) is 12.6. The Morgan fingerprint density at radius 3 is 0.893 bits per heavy atom. The normalized spacial score (nSPS) is 13.0. The monoisotopic (exact) mass is 814 g/mol. The molecule has 0 aliphatic carbocycles. The molecule has 6 nitrogen and oxygen atoms in total. The Balaban J connectivity index is 3.71. The molecule has 0 saturated heterocycles. The molecule has 0 aromatic rings. The summed E-state index contributed by atoms with van der Waals surface area (Å²) in [5.41, 5.74) is 0. The minimum atomic E-state index is -4.31. The van der Waals surface area contributed by atoms with E-state index in [0.717, 1.165) is 38.5 Å². The molecule has 2 unspecified atom stereocenters. The Bertz CT molecular complexity index is 897. The average Bonchev–Trinajstić information content (AvgIpc) is 3.16. The van der Waals surface area contributed by atoms with E-state index < -0.39 is 28.0 Å². The molecule has 56 heavy (non-hydrogen) atoms. The molecule has 0 fully saturated rings. The quantitative estimate of drug-likeness (QED) is 0.0419. The number of unbranched alkanes of at least 4 members (excludes halogenated alkanes) is 39. The smallest absolute Gasteiger partial charge is 0.266 e. The Morgan fingerprint density at radius 2 is 0.643 bits per heavy atom. The zero-order valence-corrected chi connectivity index (χ0v) is 38.6. The zero-order valence-electron chi connectivity index (χ0n) is 37.8. The van der Waals surface area contributed by atoms with Gasteiger partial charge in [-0.05, 0) is 12.8 Å². The summed E-state index contributed by atoms with van der Waals surface area (Å²) >= 11 is 0. The molecule has 3 N–H and O–H groups in total. The first-order valence-electron chi connectivity index (χ1n) is 25.2. The van der Waals surface area contributed by atoms with Gasteiger partial charge in [-0.25, -0.2) is 0 Å². The van der Waals surface area contributed by atoms with Gasteiger partial charge in [0.25, 0.3) is 10.1 Å². The van der Waals surface area contributed by atoms with E-state index in [0.29, 0.717) is 12.8 Å². The third-order valence-corrected chi connectivity index (χ3v) is 12.8. The number of rotatable bonds is 47. The number of carbonyl (C=O) groups excluding carboxylic acids is 1. The van der Waals surface area contributed by atoms with Gasteiger partial charge in [-0.2, -0.15) is 8.42 Å². The van der Waals surface area contributed by atoms with E-state index in [-0.39, 0.29) is 5.91 Å². The van der Waals surface area contributed by atoms with Gasteiger partial charge in [0, 0.05) is 6.42 Å². The van der Waals surface area contributed by atoms with Crippen LogP contribution in [0.4, 0.5) is 0 Å². The number of aliphatic hydroxyl groups is 1. The Labute approximate surface area is 350 Å². The second kappa shape index (κ2) is 43.9. The minimum absolute atomic E-state index is 0.237. The molecule has 0 aliphatic rings. The van der Waals surface area contributed by atoms with Crippen LogP contribution in [0.1, 0.15) is 290 Å². The maximum absolute atomic E-state index is 12.6. The summed E-state index contributed by atoms with van der Waals surface area (Å²) in [5, 5.41) is 13.4. The lowest BCUT2D eigenvalue weighted by atomic mass is 10.0. The zero-order chi connectivity index (χ0) is 41.1. The van der Waals surface area contributed by atoms with Gasteiger partial charge in [-0.15, -0.1) is 0 Å². The Hall–Kier alpha value is -0.660. The molecule has 0 rings (SSSR count). The number of nitrogens with one attached hydrogen (secondary N) is 1. The molecule has 0 radical (unpaired) electrons. The largest absolute Gasteiger partial charge is 0.391 e. The third kappa shape index (κ3) is 44.4. The molecular weight excluding hydrogens is 715 g/mol. The second-order valence-corrected chi connectivity index (χ2v) is 19.3. The van der Waals surface area contributed by atoms with Crippen LogP contribution < -0.4 is 5.32 Å². The SMILES string of the molecule is CCCCCCCCCCCCCCCCCCCCCCCCC(=O)NC(CS(=O)(=O)O)C(O)CCCCCCCCCCCCCCCCCCCCC. The van der Waals surface area contributed by atoms with Gasteiger partial charge in [0.1, 0.15) is 0 Å². The summed E-state index contributed by atoms with van der Waals surface area (Å²) in [7, 11) is -4.31. The number of hydrogen-bond donors (Lipinski definition) is 3. The van der Waals surface area contributed by atoms with Crippen LogP contribution in [0.15, 0.2) is 0 Å². The molecule has 0 saturated carbocycles. The number of amides is 1. The molecule has 0 spiro atoms. The van der Waals surface area contributed by atoms with Gasteiger partial charge in [0.2, 0.25) is 5.91 Å². The third-order valence-electron chi connectivity index (χ3n) is 12.1. The van der Waals surface area contributed by atoms with Gasteiger partial charge in [-0.3, -0.25) is 9.35 Å². The van der Waals surface area contributed by atoms with E-state index in [9.17, 15) is 22.9 Å². The fourth-order valence-electron chi connectivity index (χ4n) is 8.28. The first kappa shape index (κ1) is 55.3. The summed E-state index contributed by atoms with van der Waals surface area (Å²) in [6.45, 7) is 4.56. The lowest BCUT2D eigenvalue weighted by molar-refractivity contribution is -0.122. The highest BCUT2D eigenvalue weighted by Crippen LogP contribution is 2.18. The summed E-state index contributed by atoms with van der Waals surface area (Å²) in [6, 6.07) is -0.965. The van der Waals surface area contributed by atoms with E-state index in [2.05, 4.69) is 19.2 Å². The van der Waals surface area contributed by atoms with Crippen molar-refractivity contribution in [2.24, 2.45) is 0 Å². The highest BCUT2D eigenvalue weighted by atomic mass is 32.2. The molecule has 0 aromatic carbocycles. The van der Waals surface area contributed by atoms with Crippen molar-refractivity contribution >= 4 is 16.0 Å².